The van der Waals surface area contributed by atoms with Crippen LogP contribution in [-0.2, 0) is 4.79 Å². The first kappa shape index (κ1) is 16.8. The third kappa shape index (κ3) is 3.79. The molecule has 136 valence electrons. The van der Waals surface area contributed by atoms with Crippen LogP contribution in [0.5, 0.6) is 5.75 Å². The zero-order chi connectivity index (χ0) is 18.1. The maximum Gasteiger partial charge on any atom is 0.225 e. The number of aromatic nitrogens is 2. The Morgan fingerprint density at radius 1 is 1.19 bits per heavy atom. The minimum absolute atomic E-state index is 0.00324. The third-order valence-corrected chi connectivity index (χ3v) is 4.94. The van der Waals surface area contributed by atoms with Gasteiger partial charge in [-0.3, -0.25) is 4.79 Å². The van der Waals surface area contributed by atoms with Gasteiger partial charge >= 0.3 is 0 Å². The van der Waals surface area contributed by atoms with Gasteiger partial charge in [0.2, 0.25) is 11.9 Å². The van der Waals surface area contributed by atoms with Crippen molar-refractivity contribution in [2.75, 3.05) is 18.0 Å². The Morgan fingerprint density at radius 2 is 1.85 bits per heavy atom. The van der Waals surface area contributed by atoms with Gasteiger partial charge in [0, 0.05) is 19.3 Å². The van der Waals surface area contributed by atoms with Crippen molar-refractivity contribution in [3.8, 4) is 5.75 Å². The topological polar surface area (TPSA) is 67.3 Å². The number of nitrogens with zero attached hydrogens (tertiary/aromatic N) is 3. The van der Waals surface area contributed by atoms with Crippen LogP contribution in [0.4, 0.5) is 5.95 Å². The smallest absolute Gasteiger partial charge is 0.225 e. The number of carbonyl (C=O) groups is 1. The summed E-state index contributed by atoms with van der Waals surface area (Å²) in [5, 5.41) is 2.88. The second kappa shape index (κ2) is 6.94. The largest absolute Gasteiger partial charge is 0.487 e. The van der Waals surface area contributed by atoms with E-state index in [-0.39, 0.29) is 18.1 Å². The third-order valence-electron chi connectivity index (χ3n) is 4.94. The Bertz CT molecular complexity index is 765. The fourth-order valence-electron chi connectivity index (χ4n) is 3.21. The molecule has 0 bridgehead atoms. The van der Waals surface area contributed by atoms with Gasteiger partial charge in [-0.15, -0.1) is 0 Å². The molecule has 4 rings (SSSR count). The number of anilines is 1. The molecule has 1 atom stereocenters. The molecular formula is C20H24N4O2. The van der Waals surface area contributed by atoms with Gasteiger partial charge in [-0.1, -0.05) is 12.1 Å². The van der Waals surface area contributed by atoms with E-state index in [9.17, 15) is 4.79 Å². The van der Waals surface area contributed by atoms with Crippen LogP contribution < -0.4 is 15.0 Å². The van der Waals surface area contributed by atoms with Crippen LogP contribution in [0.1, 0.15) is 49.8 Å². The van der Waals surface area contributed by atoms with Crippen molar-refractivity contribution in [2.24, 2.45) is 0 Å². The molecule has 1 aromatic carbocycles. The molecule has 26 heavy (non-hydrogen) atoms. The van der Waals surface area contributed by atoms with Gasteiger partial charge in [0.15, 0.2) is 0 Å². The summed E-state index contributed by atoms with van der Waals surface area (Å²) in [6.07, 6.45) is 6.61. The minimum atomic E-state index is -0.0280. The maximum absolute atomic E-state index is 11.1. The van der Waals surface area contributed by atoms with E-state index in [4.69, 9.17) is 4.74 Å². The summed E-state index contributed by atoms with van der Waals surface area (Å²) in [6.45, 7) is 5.09. The first-order chi connectivity index (χ1) is 12.6. The summed E-state index contributed by atoms with van der Waals surface area (Å²) in [5.74, 6) is 2.29. The first-order valence-corrected chi connectivity index (χ1v) is 9.19. The zero-order valence-electron chi connectivity index (χ0n) is 15.2. The van der Waals surface area contributed by atoms with Crippen LogP contribution in [0, 0.1) is 0 Å². The standard InChI is InChI=1S/C20H24N4O2/c1-13(23-14(2)25)15-5-7-18(8-6-15)26-19-11-24(12-19)20-21-9-17(10-22-20)16-3-4-16/h5-10,13,16,19H,3-4,11-12H2,1-2H3,(H,23,25)/t13-/m0/s1. The Hall–Kier alpha value is -2.63. The van der Waals surface area contributed by atoms with Crippen molar-refractivity contribution in [3.05, 3.63) is 47.8 Å². The molecule has 6 heteroatoms. The van der Waals surface area contributed by atoms with Gasteiger partial charge in [0.25, 0.3) is 0 Å². The van der Waals surface area contributed by atoms with Crippen molar-refractivity contribution >= 4 is 11.9 Å². The highest BCUT2D eigenvalue weighted by molar-refractivity contribution is 5.73. The Labute approximate surface area is 153 Å². The lowest BCUT2D eigenvalue weighted by atomic mass is 10.1. The van der Waals surface area contributed by atoms with Crippen molar-refractivity contribution in [1.29, 1.82) is 0 Å². The lowest BCUT2D eigenvalue weighted by Crippen LogP contribution is -2.54. The summed E-state index contributed by atoms with van der Waals surface area (Å²) < 4.78 is 6.01. The van der Waals surface area contributed by atoms with E-state index in [0.29, 0.717) is 5.92 Å². The van der Waals surface area contributed by atoms with E-state index in [1.54, 1.807) is 0 Å². The average molecular weight is 352 g/mol. The Balaban J connectivity index is 1.27. The highest BCUT2D eigenvalue weighted by Gasteiger charge is 2.31. The molecular weight excluding hydrogens is 328 g/mol. The molecule has 1 aromatic heterocycles. The molecule has 0 spiro atoms. The van der Waals surface area contributed by atoms with E-state index in [2.05, 4.69) is 20.2 Å². The summed E-state index contributed by atoms with van der Waals surface area (Å²) in [6, 6.07) is 7.89. The van der Waals surface area contributed by atoms with Crippen molar-refractivity contribution in [1.82, 2.24) is 15.3 Å². The fraction of sp³-hybridized carbons (Fsp3) is 0.450. The van der Waals surface area contributed by atoms with Crippen molar-refractivity contribution in [2.45, 2.75) is 44.8 Å². The maximum atomic E-state index is 11.1. The normalized spacial score (nSPS) is 18.2. The van der Waals surface area contributed by atoms with Crippen LogP contribution in [0.25, 0.3) is 0 Å². The highest BCUT2D eigenvalue weighted by atomic mass is 16.5. The summed E-state index contributed by atoms with van der Waals surface area (Å²) >= 11 is 0. The van der Waals surface area contributed by atoms with E-state index < -0.39 is 0 Å². The molecule has 0 unspecified atom stereocenters. The SMILES string of the molecule is CC(=O)N[C@@H](C)c1ccc(OC2CN(c3ncc(C4CC4)cn3)C2)cc1. The second-order valence-electron chi connectivity index (χ2n) is 7.23. The van der Waals surface area contributed by atoms with Gasteiger partial charge < -0.3 is 15.0 Å². The summed E-state index contributed by atoms with van der Waals surface area (Å²) in [4.78, 5) is 22.2. The second-order valence-corrected chi connectivity index (χ2v) is 7.23. The number of hydrogen-bond donors (Lipinski definition) is 1. The molecule has 1 saturated carbocycles. The molecule has 1 aliphatic carbocycles. The molecule has 2 fully saturated rings. The Kier molecular flexibility index (Phi) is 4.49. The van der Waals surface area contributed by atoms with Gasteiger partial charge in [-0.2, -0.15) is 0 Å². The van der Waals surface area contributed by atoms with E-state index >= 15 is 0 Å². The summed E-state index contributed by atoms with van der Waals surface area (Å²) in [5.41, 5.74) is 2.32. The van der Waals surface area contributed by atoms with Crippen LogP contribution >= 0.6 is 0 Å². The Morgan fingerprint density at radius 3 is 2.42 bits per heavy atom. The number of hydrogen-bond acceptors (Lipinski definition) is 5. The molecule has 2 aliphatic rings. The van der Waals surface area contributed by atoms with E-state index in [1.807, 2.05) is 43.6 Å². The molecule has 1 aliphatic heterocycles. The highest BCUT2D eigenvalue weighted by Crippen LogP contribution is 2.39. The van der Waals surface area contributed by atoms with Gasteiger partial charge in [0.05, 0.1) is 19.1 Å². The molecule has 2 heterocycles. The van der Waals surface area contributed by atoms with Crippen LogP contribution in [0.2, 0.25) is 0 Å². The zero-order valence-corrected chi connectivity index (χ0v) is 15.2. The van der Waals surface area contributed by atoms with Crippen molar-refractivity contribution < 1.29 is 9.53 Å². The van der Waals surface area contributed by atoms with E-state index in [0.717, 1.165) is 30.4 Å². The molecule has 0 radical (unpaired) electrons. The number of nitrogens with one attached hydrogen (secondary N) is 1. The number of rotatable bonds is 6. The summed E-state index contributed by atoms with van der Waals surface area (Å²) in [7, 11) is 0. The number of ether oxygens (including phenoxy) is 1. The van der Waals surface area contributed by atoms with Gasteiger partial charge in [0.1, 0.15) is 11.9 Å². The number of amides is 1. The van der Waals surface area contributed by atoms with Gasteiger partial charge in [-0.25, -0.2) is 9.97 Å². The predicted molar refractivity (Wildman–Crippen MR) is 99.3 cm³/mol. The molecule has 2 aromatic rings. The number of benzene rings is 1. The molecule has 1 saturated heterocycles. The fourth-order valence-corrected chi connectivity index (χ4v) is 3.21. The lowest BCUT2D eigenvalue weighted by Gasteiger charge is -2.38. The molecule has 6 nitrogen and oxygen atoms in total. The first-order valence-electron chi connectivity index (χ1n) is 9.19. The number of carbonyl (C=O) groups excluding carboxylic acids is 1. The van der Waals surface area contributed by atoms with E-state index in [1.165, 1.54) is 25.3 Å². The van der Waals surface area contributed by atoms with Crippen LogP contribution in [0.3, 0.4) is 0 Å². The van der Waals surface area contributed by atoms with Crippen LogP contribution in [0.15, 0.2) is 36.7 Å². The quantitative estimate of drug-likeness (QED) is 0.866. The predicted octanol–water partition coefficient (Wildman–Crippen LogP) is 2.82. The molecule has 1 amide bonds. The minimum Gasteiger partial charge on any atom is -0.487 e. The lowest BCUT2D eigenvalue weighted by molar-refractivity contribution is -0.119. The average Bonchev–Trinajstić information content (AvgIpc) is 3.43. The van der Waals surface area contributed by atoms with Crippen molar-refractivity contribution in [3.63, 3.8) is 0 Å². The van der Waals surface area contributed by atoms with Crippen LogP contribution in [-0.4, -0.2) is 35.1 Å². The molecule has 1 N–H and O–H groups in total. The van der Waals surface area contributed by atoms with Gasteiger partial charge in [-0.05, 0) is 48.9 Å². The monoisotopic (exact) mass is 352 g/mol.